The number of likely N-dealkylation sites (tertiary alicyclic amines) is 1. The van der Waals surface area contributed by atoms with Crippen LogP contribution in [0.1, 0.15) is 57.6 Å². The van der Waals surface area contributed by atoms with Crippen LogP contribution >= 0.6 is 11.8 Å². The third-order valence-corrected chi connectivity index (χ3v) is 9.94. The van der Waals surface area contributed by atoms with Crippen LogP contribution < -0.4 is 27.4 Å². The van der Waals surface area contributed by atoms with Crippen LogP contribution in [0, 0.1) is 5.92 Å². The van der Waals surface area contributed by atoms with Crippen molar-refractivity contribution in [3.8, 4) is 0 Å². The van der Waals surface area contributed by atoms with Crippen LogP contribution in [0.4, 0.5) is 0 Å². The predicted octanol–water partition coefficient (Wildman–Crippen LogP) is 1.30. The smallest absolute Gasteiger partial charge is 0.326 e. The van der Waals surface area contributed by atoms with E-state index >= 15 is 0 Å². The maximum atomic E-state index is 13.8. The van der Waals surface area contributed by atoms with Crippen LogP contribution in [0.2, 0.25) is 0 Å². The van der Waals surface area contributed by atoms with E-state index in [0.29, 0.717) is 18.6 Å². The van der Waals surface area contributed by atoms with Crippen molar-refractivity contribution in [2.24, 2.45) is 17.4 Å². The van der Waals surface area contributed by atoms with Crippen molar-refractivity contribution in [2.75, 3.05) is 12.3 Å². The number of carboxylic acid groups (broad SMARTS) is 1. The van der Waals surface area contributed by atoms with Crippen LogP contribution in [-0.4, -0.2) is 94.1 Å². The van der Waals surface area contributed by atoms with Crippen LogP contribution in [-0.2, 0) is 45.9 Å². The zero-order valence-electron chi connectivity index (χ0n) is 29.3. The Bertz CT molecular complexity index is 1480. The van der Waals surface area contributed by atoms with Crippen LogP contribution in [0.15, 0.2) is 60.7 Å². The summed E-state index contributed by atoms with van der Waals surface area (Å²) in [6, 6.07) is 12.6. The van der Waals surface area contributed by atoms with Gasteiger partial charge in [0, 0.05) is 18.1 Å². The number of hydrogen-bond acceptors (Lipinski definition) is 9. The van der Waals surface area contributed by atoms with Gasteiger partial charge in [-0.3, -0.25) is 24.0 Å². The molecule has 15 heteroatoms. The number of nitrogens with zero attached hydrogens (tertiary/aromatic N) is 1. The molecule has 2 aromatic rings. The number of carbonyl (C=O) groups is 6. The van der Waals surface area contributed by atoms with Crippen molar-refractivity contribution in [1.82, 2.24) is 20.9 Å². The number of hydrogen-bond donors (Lipinski definition) is 6. The lowest BCUT2D eigenvalue weighted by molar-refractivity contribution is -0.149. The first-order valence-corrected chi connectivity index (χ1v) is 18.2. The van der Waals surface area contributed by atoms with Crippen LogP contribution in [0.5, 0.6) is 0 Å². The summed E-state index contributed by atoms with van der Waals surface area (Å²) in [6.07, 6.45) is -0.164. The molecule has 7 atom stereocenters. The van der Waals surface area contributed by atoms with Crippen molar-refractivity contribution in [2.45, 2.75) is 95.1 Å². The summed E-state index contributed by atoms with van der Waals surface area (Å²) in [6.45, 7) is 5.58. The fourth-order valence-corrected chi connectivity index (χ4v) is 6.54. The molecule has 0 aromatic heterocycles. The summed E-state index contributed by atoms with van der Waals surface area (Å²) in [7, 11) is 0. The highest BCUT2D eigenvalue weighted by Crippen LogP contribution is 2.21. The fraction of sp³-hybridized carbons (Fsp3) is 0.500. The summed E-state index contributed by atoms with van der Waals surface area (Å²) < 4.78 is 5.96. The third-order valence-electron chi connectivity index (χ3n) is 8.83. The van der Waals surface area contributed by atoms with E-state index in [-0.39, 0.29) is 31.2 Å². The predicted molar refractivity (Wildman–Crippen MR) is 193 cm³/mol. The summed E-state index contributed by atoms with van der Waals surface area (Å²) in [5.74, 6) is -4.59. The van der Waals surface area contributed by atoms with Gasteiger partial charge in [-0.05, 0) is 36.8 Å². The number of thioether (sulfide) groups is 1. The molecule has 8 N–H and O–H groups in total. The SMILES string of the molecule is CCC(C)[C@H](N)C(=O)NC(C(=O)N[C@H](CC(N)=O)C(=O)NC(CSCc1ccccc1)C(=O)N1CCCC1C(=O)O)[C@H](C)OCc1ccccc1. The first-order valence-electron chi connectivity index (χ1n) is 17.1. The zero-order valence-corrected chi connectivity index (χ0v) is 30.1. The molecule has 2 aromatic carbocycles. The fourth-order valence-electron chi connectivity index (χ4n) is 5.53. The molecule has 0 aliphatic carbocycles. The van der Waals surface area contributed by atoms with E-state index in [1.165, 1.54) is 16.7 Å². The van der Waals surface area contributed by atoms with Crippen molar-refractivity contribution < 1.29 is 38.6 Å². The number of ether oxygens (including phenoxy) is 1. The number of carboxylic acids is 1. The minimum Gasteiger partial charge on any atom is -0.480 e. The number of amides is 5. The van der Waals surface area contributed by atoms with Crippen molar-refractivity contribution in [3.05, 3.63) is 71.8 Å². The molecule has 0 saturated carbocycles. The summed E-state index contributed by atoms with van der Waals surface area (Å²) in [4.78, 5) is 79.8. The maximum absolute atomic E-state index is 13.8. The highest BCUT2D eigenvalue weighted by atomic mass is 32.2. The Morgan fingerprint density at radius 2 is 1.51 bits per heavy atom. The number of carbonyl (C=O) groups excluding carboxylic acids is 5. The molecule has 1 aliphatic heterocycles. The maximum Gasteiger partial charge on any atom is 0.326 e. The molecular formula is C36H50N6O8S. The van der Waals surface area contributed by atoms with Gasteiger partial charge in [0.25, 0.3) is 0 Å². The molecule has 1 fully saturated rings. The molecule has 0 radical (unpaired) electrons. The van der Waals surface area contributed by atoms with Crippen molar-refractivity contribution >= 4 is 47.3 Å². The minimum absolute atomic E-state index is 0.0795. The Hall–Kier alpha value is -4.47. The van der Waals surface area contributed by atoms with E-state index < -0.39 is 78.2 Å². The third kappa shape index (κ3) is 12.7. The molecule has 0 bridgehead atoms. The Morgan fingerprint density at radius 1 is 0.902 bits per heavy atom. The second-order valence-corrected chi connectivity index (χ2v) is 13.8. The number of rotatable bonds is 20. The summed E-state index contributed by atoms with van der Waals surface area (Å²) in [5, 5.41) is 17.5. The van der Waals surface area contributed by atoms with E-state index in [2.05, 4.69) is 16.0 Å². The molecule has 51 heavy (non-hydrogen) atoms. The number of primary amides is 1. The van der Waals surface area contributed by atoms with Gasteiger partial charge in [-0.1, -0.05) is 80.9 Å². The van der Waals surface area contributed by atoms with Crippen molar-refractivity contribution in [3.63, 3.8) is 0 Å². The number of benzene rings is 2. The quantitative estimate of drug-likeness (QED) is 0.115. The van der Waals surface area contributed by atoms with Gasteiger partial charge in [0.1, 0.15) is 24.2 Å². The number of nitrogens with two attached hydrogens (primary N) is 2. The van der Waals surface area contributed by atoms with E-state index in [1.54, 1.807) is 13.8 Å². The first kappa shape index (κ1) is 41.0. The standard InChI is InChI=1S/C36H50N6O8S/c1-4-22(2)30(38)33(45)41-31(23(3)50-19-24-12-7-5-8-13-24)34(46)39-26(18-29(37)43)32(44)40-27(21-51-20-25-14-9-6-10-15-25)35(47)42-17-11-16-28(42)36(48)49/h5-10,12-15,22-23,26-28,30-31H,4,11,16-21,38H2,1-3H3,(H2,37,43)(H,39,46)(H,40,44)(H,41,45)(H,48,49)/t22?,23-,26+,27?,28?,30-,31?/m0/s1. The van der Waals surface area contributed by atoms with Gasteiger partial charge in [0.05, 0.1) is 25.2 Å². The molecule has 5 amide bonds. The molecule has 278 valence electrons. The Kier molecular flexibility index (Phi) is 16.4. The van der Waals surface area contributed by atoms with E-state index in [9.17, 15) is 33.9 Å². The average Bonchev–Trinajstić information content (AvgIpc) is 3.62. The molecule has 1 aliphatic rings. The molecule has 3 rings (SSSR count). The van der Waals surface area contributed by atoms with Crippen LogP contribution in [0.3, 0.4) is 0 Å². The average molecular weight is 727 g/mol. The number of aliphatic carboxylic acids is 1. The molecular weight excluding hydrogens is 676 g/mol. The largest absolute Gasteiger partial charge is 0.480 e. The topological polar surface area (TPSA) is 223 Å². The highest BCUT2D eigenvalue weighted by Gasteiger charge is 2.39. The van der Waals surface area contributed by atoms with Gasteiger partial charge in [-0.15, -0.1) is 0 Å². The normalized spacial score (nSPS) is 17.6. The molecule has 4 unspecified atom stereocenters. The Morgan fingerprint density at radius 3 is 2.10 bits per heavy atom. The molecule has 1 saturated heterocycles. The lowest BCUT2D eigenvalue weighted by Crippen LogP contribution is -2.61. The Balaban J connectivity index is 1.83. The van der Waals surface area contributed by atoms with E-state index in [0.717, 1.165) is 11.1 Å². The highest BCUT2D eigenvalue weighted by molar-refractivity contribution is 7.98. The number of nitrogens with one attached hydrogen (secondary N) is 3. The summed E-state index contributed by atoms with van der Waals surface area (Å²) in [5.41, 5.74) is 13.4. The summed E-state index contributed by atoms with van der Waals surface area (Å²) >= 11 is 1.35. The first-order chi connectivity index (χ1) is 24.3. The molecule has 14 nitrogen and oxygen atoms in total. The van der Waals surface area contributed by atoms with E-state index in [1.807, 2.05) is 67.6 Å². The van der Waals surface area contributed by atoms with Gasteiger partial charge in [-0.25, -0.2) is 4.79 Å². The van der Waals surface area contributed by atoms with Crippen LogP contribution in [0.25, 0.3) is 0 Å². The second-order valence-electron chi connectivity index (χ2n) is 12.7. The monoisotopic (exact) mass is 726 g/mol. The van der Waals surface area contributed by atoms with Gasteiger partial charge < -0.3 is 42.2 Å². The zero-order chi connectivity index (χ0) is 37.5. The lowest BCUT2D eigenvalue weighted by atomic mass is 9.98. The van der Waals surface area contributed by atoms with Gasteiger partial charge in [-0.2, -0.15) is 11.8 Å². The van der Waals surface area contributed by atoms with Gasteiger partial charge >= 0.3 is 5.97 Å². The lowest BCUT2D eigenvalue weighted by Gasteiger charge is -2.30. The van der Waals surface area contributed by atoms with Gasteiger partial charge in [0.15, 0.2) is 0 Å². The van der Waals surface area contributed by atoms with Crippen molar-refractivity contribution in [1.29, 1.82) is 0 Å². The molecule has 1 heterocycles. The minimum atomic E-state index is -1.54. The molecule has 0 spiro atoms. The van der Waals surface area contributed by atoms with Gasteiger partial charge in [0.2, 0.25) is 29.5 Å². The Labute approximate surface area is 302 Å². The van der Waals surface area contributed by atoms with E-state index in [4.69, 9.17) is 16.2 Å². The second kappa shape index (κ2) is 20.4.